The molecule has 2 rings (SSSR count). The summed E-state index contributed by atoms with van der Waals surface area (Å²) >= 11 is 0. The molecule has 0 fully saturated rings. The Morgan fingerprint density at radius 2 is 2.32 bits per heavy atom. The molecule has 1 aliphatic heterocycles. The molecule has 19 heavy (non-hydrogen) atoms. The summed E-state index contributed by atoms with van der Waals surface area (Å²) in [6.07, 6.45) is 5.24. The Hall–Kier alpha value is -1.32. The van der Waals surface area contributed by atoms with Gasteiger partial charge in [-0.25, -0.2) is 0 Å². The summed E-state index contributed by atoms with van der Waals surface area (Å²) in [5.41, 5.74) is 4.16. The first-order valence-electron chi connectivity index (χ1n) is 7.16. The van der Waals surface area contributed by atoms with Crippen molar-refractivity contribution in [3.63, 3.8) is 0 Å². The van der Waals surface area contributed by atoms with Gasteiger partial charge < -0.3 is 15.4 Å². The van der Waals surface area contributed by atoms with E-state index in [2.05, 4.69) is 35.4 Å². The number of nitrogens with one attached hydrogen (secondary N) is 2. The van der Waals surface area contributed by atoms with E-state index in [0.29, 0.717) is 0 Å². The lowest BCUT2D eigenvalue weighted by molar-refractivity contribution is 0.140. The lowest BCUT2D eigenvalue weighted by Gasteiger charge is -2.21. The predicted molar refractivity (Wildman–Crippen MR) is 80.6 cm³/mol. The van der Waals surface area contributed by atoms with Crippen molar-refractivity contribution in [1.82, 2.24) is 5.32 Å². The average molecular weight is 260 g/mol. The molecule has 104 valence electrons. The minimum atomic E-state index is 0.760. The van der Waals surface area contributed by atoms with Crippen molar-refractivity contribution in [1.29, 1.82) is 0 Å². The van der Waals surface area contributed by atoms with Gasteiger partial charge in [-0.05, 0) is 30.4 Å². The maximum absolute atomic E-state index is 5.48. The SMILES string of the molecule is C=CCCOCCNCc1cccc2c1NCCC2. The number of ether oxygens (including phenoxy) is 1. The Labute approximate surface area is 116 Å². The van der Waals surface area contributed by atoms with Crippen LogP contribution in [-0.4, -0.2) is 26.3 Å². The predicted octanol–water partition coefficient (Wildman–Crippen LogP) is 2.73. The van der Waals surface area contributed by atoms with E-state index in [9.17, 15) is 0 Å². The molecule has 0 saturated carbocycles. The second kappa shape index (κ2) is 7.97. The van der Waals surface area contributed by atoms with E-state index in [1.807, 2.05) is 6.08 Å². The number of aryl methyl sites for hydroxylation is 1. The van der Waals surface area contributed by atoms with Crippen molar-refractivity contribution < 1.29 is 4.74 Å². The molecule has 3 heteroatoms. The molecule has 0 amide bonds. The number of fused-ring (bicyclic) bond motifs is 1. The van der Waals surface area contributed by atoms with Crippen LogP contribution in [0.15, 0.2) is 30.9 Å². The highest BCUT2D eigenvalue weighted by molar-refractivity contribution is 5.59. The average Bonchev–Trinajstić information content (AvgIpc) is 2.46. The molecule has 0 saturated heterocycles. The van der Waals surface area contributed by atoms with Crippen LogP contribution >= 0.6 is 0 Å². The highest BCUT2D eigenvalue weighted by atomic mass is 16.5. The van der Waals surface area contributed by atoms with Gasteiger partial charge in [0.05, 0.1) is 13.2 Å². The van der Waals surface area contributed by atoms with Crippen molar-refractivity contribution >= 4 is 5.69 Å². The van der Waals surface area contributed by atoms with E-state index in [1.165, 1.54) is 29.7 Å². The summed E-state index contributed by atoms with van der Waals surface area (Å²) in [5.74, 6) is 0. The smallest absolute Gasteiger partial charge is 0.0591 e. The van der Waals surface area contributed by atoms with Crippen molar-refractivity contribution in [2.45, 2.75) is 25.8 Å². The molecule has 0 spiro atoms. The second-order valence-electron chi connectivity index (χ2n) is 4.85. The highest BCUT2D eigenvalue weighted by Gasteiger charge is 2.11. The van der Waals surface area contributed by atoms with Crippen LogP contribution in [0, 0.1) is 0 Å². The number of anilines is 1. The van der Waals surface area contributed by atoms with Gasteiger partial charge in [-0.1, -0.05) is 24.3 Å². The Bertz CT molecular complexity index is 404. The fraction of sp³-hybridized carbons (Fsp3) is 0.500. The Morgan fingerprint density at radius 1 is 1.37 bits per heavy atom. The minimum absolute atomic E-state index is 0.760. The normalized spacial score (nSPS) is 13.7. The second-order valence-corrected chi connectivity index (χ2v) is 4.85. The Kier molecular flexibility index (Phi) is 5.92. The quantitative estimate of drug-likeness (QED) is 0.557. The maximum atomic E-state index is 5.48. The zero-order valence-corrected chi connectivity index (χ0v) is 11.6. The fourth-order valence-electron chi connectivity index (χ4n) is 2.36. The summed E-state index contributed by atoms with van der Waals surface area (Å²) in [6, 6.07) is 6.58. The molecule has 3 nitrogen and oxygen atoms in total. The molecule has 1 aromatic carbocycles. The standard InChI is InChI=1S/C16H24N2O/c1-2-3-11-19-12-10-17-13-15-7-4-6-14-8-5-9-18-16(14)15/h2,4,6-7,17-18H,1,3,5,8-13H2. The van der Waals surface area contributed by atoms with Crippen molar-refractivity contribution in [2.24, 2.45) is 0 Å². The molecule has 1 aliphatic rings. The molecule has 2 N–H and O–H groups in total. The first-order valence-corrected chi connectivity index (χ1v) is 7.16. The number of benzene rings is 1. The van der Waals surface area contributed by atoms with Crippen molar-refractivity contribution in [2.75, 3.05) is 31.6 Å². The summed E-state index contributed by atoms with van der Waals surface area (Å²) < 4.78 is 5.48. The van der Waals surface area contributed by atoms with E-state index in [4.69, 9.17) is 4.74 Å². The number of rotatable bonds is 8. The van der Waals surface area contributed by atoms with E-state index >= 15 is 0 Å². The van der Waals surface area contributed by atoms with Gasteiger partial charge in [0, 0.05) is 25.3 Å². The van der Waals surface area contributed by atoms with Crippen LogP contribution in [0.3, 0.4) is 0 Å². The Balaban J connectivity index is 1.72. The van der Waals surface area contributed by atoms with Crippen LogP contribution in [0.4, 0.5) is 5.69 Å². The molecular weight excluding hydrogens is 236 g/mol. The summed E-state index contributed by atoms with van der Waals surface area (Å²) in [4.78, 5) is 0. The van der Waals surface area contributed by atoms with Gasteiger partial charge in [0.15, 0.2) is 0 Å². The molecule has 0 aliphatic carbocycles. The molecule has 0 aromatic heterocycles. The lowest BCUT2D eigenvalue weighted by atomic mass is 9.99. The molecule has 0 unspecified atom stereocenters. The zero-order chi connectivity index (χ0) is 13.3. The van der Waals surface area contributed by atoms with Crippen LogP contribution in [-0.2, 0) is 17.7 Å². The molecule has 1 aromatic rings. The molecule has 0 bridgehead atoms. The van der Waals surface area contributed by atoms with E-state index in [1.54, 1.807) is 0 Å². The van der Waals surface area contributed by atoms with Gasteiger partial charge in [-0.2, -0.15) is 0 Å². The van der Waals surface area contributed by atoms with Crippen LogP contribution in [0.1, 0.15) is 24.0 Å². The molecular formula is C16H24N2O. The summed E-state index contributed by atoms with van der Waals surface area (Å²) in [6.45, 7) is 8.09. The zero-order valence-electron chi connectivity index (χ0n) is 11.6. The topological polar surface area (TPSA) is 33.3 Å². The van der Waals surface area contributed by atoms with Crippen LogP contribution in [0.25, 0.3) is 0 Å². The summed E-state index contributed by atoms with van der Waals surface area (Å²) in [5, 5.41) is 6.96. The van der Waals surface area contributed by atoms with Gasteiger partial charge in [-0.3, -0.25) is 0 Å². The van der Waals surface area contributed by atoms with Crippen molar-refractivity contribution in [3.8, 4) is 0 Å². The highest BCUT2D eigenvalue weighted by Crippen LogP contribution is 2.25. The number of hydrogen-bond acceptors (Lipinski definition) is 3. The third-order valence-corrected chi connectivity index (χ3v) is 3.37. The van der Waals surface area contributed by atoms with E-state index in [0.717, 1.165) is 39.3 Å². The first kappa shape index (κ1) is 14.1. The van der Waals surface area contributed by atoms with Crippen LogP contribution in [0.2, 0.25) is 0 Å². The van der Waals surface area contributed by atoms with Gasteiger partial charge in [0.2, 0.25) is 0 Å². The summed E-state index contributed by atoms with van der Waals surface area (Å²) in [7, 11) is 0. The van der Waals surface area contributed by atoms with Gasteiger partial charge >= 0.3 is 0 Å². The third kappa shape index (κ3) is 4.37. The Morgan fingerprint density at radius 3 is 3.21 bits per heavy atom. The van der Waals surface area contributed by atoms with Gasteiger partial charge in [-0.15, -0.1) is 6.58 Å². The van der Waals surface area contributed by atoms with Crippen LogP contribution < -0.4 is 10.6 Å². The van der Waals surface area contributed by atoms with Crippen molar-refractivity contribution in [3.05, 3.63) is 42.0 Å². The van der Waals surface area contributed by atoms with E-state index < -0.39 is 0 Å². The van der Waals surface area contributed by atoms with E-state index in [-0.39, 0.29) is 0 Å². The van der Waals surface area contributed by atoms with Gasteiger partial charge in [0.1, 0.15) is 0 Å². The molecule has 0 atom stereocenters. The monoisotopic (exact) mass is 260 g/mol. The lowest BCUT2D eigenvalue weighted by Crippen LogP contribution is -2.21. The van der Waals surface area contributed by atoms with Gasteiger partial charge in [0.25, 0.3) is 0 Å². The number of hydrogen-bond donors (Lipinski definition) is 2. The number of para-hydroxylation sites is 1. The first-order chi connectivity index (χ1) is 9.42. The minimum Gasteiger partial charge on any atom is -0.385 e. The molecule has 1 heterocycles. The van der Waals surface area contributed by atoms with Crippen LogP contribution in [0.5, 0.6) is 0 Å². The maximum Gasteiger partial charge on any atom is 0.0591 e. The largest absolute Gasteiger partial charge is 0.385 e. The molecule has 0 radical (unpaired) electrons. The third-order valence-electron chi connectivity index (χ3n) is 3.37. The fourth-order valence-corrected chi connectivity index (χ4v) is 2.36.